The normalized spacial score (nSPS) is 11.2. The summed E-state index contributed by atoms with van der Waals surface area (Å²) in [5.74, 6) is -0.660. The second-order valence-corrected chi connectivity index (χ2v) is 4.65. The number of pyridine rings is 1. The number of carboxylic acid groups (broad SMARTS) is 1. The van der Waals surface area contributed by atoms with E-state index < -0.39 is 11.6 Å². The second kappa shape index (κ2) is 6.80. The number of hydrogen-bond donors (Lipinski definition) is 2. The summed E-state index contributed by atoms with van der Waals surface area (Å²) in [7, 11) is 0. The van der Waals surface area contributed by atoms with Gasteiger partial charge >= 0.3 is 5.97 Å². The molecule has 0 unspecified atom stereocenters. The number of halogens is 1. The van der Waals surface area contributed by atoms with Gasteiger partial charge in [-0.1, -0.05) is 11.6 Å². The van der Waals surface area contributed by atoms with Crippen LogP contribution < -0.4 is 10.2 Å². The van der Waals surface area contributed by atoms with E-state index in [1.54, 1.807) is 6.26 Å². The van der Waals surface area contributed by atoms with Crippen molar-refractivity contribution in [1.82, 2.24) is 4.98 Å². The van der Waals surface area contributed by atoms with Gasteiger partial charge in [0.15, 0.2) is 22.3 Å². The first kappa shape index (κ1) is 15.8. The highest BCUT2D eigenvalue weighted by Crippen LogP contribution is 2.27. The van der Waals surface area contributed by atoms with E-state index in [4.69, 9.17) is 21.4 Å². The zero-order valence-electron chi connectivity index (χ0n) is 10.5. The SMILES string of the molecule is CSOONc1ccc(OC(C)(C)C(=O)O)c(Cl)n1. The zero-order valence-corrected chi connectivity index (χ0v) is 12.0. The molecule has 0 aromatic carbocycles. The van der Waals surface area contributed by atoms with Crippen molar-refractivity contribution in [2.75, 3.05) is 11.7 Å². The summed E-state index contributed by atoms with van der Waals surface area (Å²) < 4.78 is 9.81. The summed E-state index contributed by atoms with van der Waals surface area (Å²) in [4.78, 5) is 19.4. The number of carboxylic acids is 1. The number of anilines is 1. The smallest absolute Gasteiger partial charge is 0.347 e. The molecule has 0 fully saturated rings. The monoisotopic (exact) mass is 308 g/mol. The number of ether oxygens (including phenoxy) is 1. The van der Waals surface area contributed by atoms with Crippen molar-refractivity contribution in [3.63, 3.8) is 0 Å². The number of aliphatic carboxylic acids is 1. The summed E-state index contributed by atoms with van der Waals surface area (Å²) in [6, 6.07) is 2.98. The lowest BCUT2D eigenvalue weighted by molar-refractivity contribution is -0.161. The third kappa shape index (κ3) is 4.75. The van der Waals surface area contributed by atoms with Gasteiger partial charge in [0, 0.05) is 18.3 Å². The molecule has 0 bridgehead atoms. The molecule has 1 aromatic heterocycles. The van der Waals surface area contributed by atoms with Crippen molar-refractivity contribution in [1.29, 1.82) is 0 Å². The Kier molecular flexibility index (Phi) is 5.67. The summed E-state index contributed by atoms with van der Waals surface area (Å²) in [6.07, 6.45) is 1.67. The Labute approximate surface area is 119 Å². The minimum atomic E-state index is -1.40. The van der Waals surface area contributed by atoms with Crippen molar-refractivity contribution in [2.24, 2.45) is 0 Å². The molecule has 1 heterocycles. The van der Waals surface area contributed by atoms with E-state index in [9.17, 15) is 4.79 Å². The highest BCUT2D eigenvalue weighted by Gasteiger charge is 2.30. The van der Waals surface area contributed by atoms with Crippen LogP contribution in [0, 0.1) is 0 Å². The highest BCUT2D eigenvalue weighted by atomic mass is 35.5. The Balaban J connectivity index is 2.75. The summed E-state index contributed by atoms with van der Waals surface area (Å²) in [6.45, 7) is 2.82. The summed E-state index contributed by atoms with van der Waals surface area (Å²) in [5, 5.41) is 8.96. The van der Waals surface area contributed by atoms with E-state index in [2.05, 4.69) is 19.8 Å². The minimum absolute atomic E-state index is 0.00655. The Bertz CT molecular complexity index is 458. The van der Waals surface area contributed by atoms with Crippen LogP contribution in [-0.4, -0.2) is 27.9 Å². The van der Waals surface area contributed by atoms with Gasteiger partial charge in [0.2, 0.25) is 0 Å². The van der Waals surface area contributed by atoms with Crippen LogP contribution in [-0.2, 0) is 14.1 Å². The maximum atomic E-state index is 10.9. The van der Waals surface area contributed by atoms with E-state index in [0.29, 0.717) is 5.82 Å². The van der Waals surface area contributed by atoms with Crippen LogP contribution in [0.4, 0.5) is 5.82 Å². The van der Waals surface area contributed by atoms with Crippen molar-refractivity contribution < 1.29 is 24.0 Å². The maximum absolute atomic E-state index is 10.9. The van der Waals surface area contributed by atoms with Crippen molar-refractivity contribution in [3.8, 4) is 5.75 Å². The molecule has 0 atom stereocenters. The molecule has 1 aromatic rings. The second-order valence-electron chi connectivity index (χ2n) is 3.82. The Morgan fingerprint density at radius 2 is 2.21 bits per heavy atom. The van der Waals surface area contributed by atoms with Crippen LogP contribution in [0.2, 0.25) is 5.15 Å². The van der Waals surface area contributed by atoms with Gasteiger partial charge in [-0.15, -0.1) is 9.32 Å². The van der Waals surface area contributed by atoms with Gasteiger partial charge < -0.3 is 9.84 Å². The molecule has 19 heavy (non-hydrogen) atoms. The van der Waals surface area contributed by atoms with Crippen LogP contribution in [0.3, 0.4) is 0 Å². The van der Waals surface area contributed by atoms with Crippen molar-refractivity contribution in [2.45, 2.75) is 19.4 Å². The van der Waals surface area contributed by atoms with Crippen LogP contribution >= 0.6 is 23.6 Å². The molecule has 0 spiro atoms. The van der Waals surface area contributed by atoms with E-state index in [1.165, 1.54) is 26.0 Å². The maximum Gasteiger partial charge on any atom is 0.347 e. The predicted octanol–water partition coefficient (Wildman–Crippen LogP) is 2.53. The number of carbonyl (C=O) groups is 1. The van der Waals surface area contributed by atoms with Gasteiger partial charge in [0.05, 0.1) is 0 Å². The molecule has 1 rings (SSSR count). The van der Waals surface area contributed by atoms with E-state index in [1.807, 2.05) is 0 Å². The largest absolute Gasteiger partial charge is 0.478 e. The molecule has 0 radical (unpaired) electrons. The first-order valence-corrected chi connectivity index (χ1v) is 6.61. The Morgan fingerprint density at radius 3 is 2.74 bits per heavy atom. The van der Waals surface area contributed by atoms with Crippen molar-refractivity contribution >= 4 is 35.4 Å². The highest BCUT2D eigenvalue weighted by molar-refractivity contribution is 7.93. The third-order valence-electron chi connectivity index (χ3n) is 1.94. The first-order valence-electron chi connectivity index (χ1n) is 5.08. The third-order valence-corrected chi connectivity index (χ3v) is 2.42. The molecule has 7 nitrogen and oxygen atoms in total. The van der Waals surface area contributed by atoms with Gasteiger partial charge in [-0.05, 0) is 26.0 Å². The number of rotatable bonds is 7. The van der Waals surface area contributed by atoms with Crippen molar-refractivity contribution in [3.05, 3.63) is 17.3 Å². The van der Waals surface area contributed by atoms with Crippen LogP contribution in [0.15, 0.2) is 12.1 Å². The van der Waals surface area contributed by atoms with Crippen LogP contribution in [0.1, 0.15) is 13.8 Å². The summed E-state index contributed by atoms with van der Waals surface area (Å²) >= 11 is 6.89. The molecule has 0 saturated carbocycles. The number of nitrogens with zero attached hydrogens (tertiary/aromatic N) is 1. The fourth-order valence-corrected chi connectivity index (χ4v) is 1.26. The molecule has 0 aliphatic heterocycles. The van der Waals surface area contributed by atoms with E-state index in [0.717, 1.165) is 12.0 Å². The average molecular weight is 309 g/mol. The van der Waals surface area contributed by atoms with Gasteiger partial charge in [-0.2, -0.15) is 0 Å². The van der Waals surface area contributed by atoms with Gasteiger partial charge in [0.25, 0.3) is 0 Å². The van der Waals surface area contributed by atoms with Gasteiger partial charge in [-0.3, -0.25) is 0 Å². The zero-order chi connectivity index (χ0) is 14.5. The van der Waals surface area contributed by atoms with Crippen LogP contribution in [0.25, 0.3) is 0 Å². The lowest BCUT2D eigenvalue weighted by atomic mass is 10.1. The number of aromatic nitrogens is 1. The van der Waals surface area contributed by atoms with Crippen LogP contribution in [0.5, 0.6) is 5.75 Å². The minimum Gasteiger partial charge on any atom is -0.478 e. The molecular formula is C10H13ClN2O5S. The van der Waals surface area contributed by atoms with E-state index >= 15 is 0 Å². The standard InChI is InChI=1S/C10H13ClN2O5S/c1-10(2,9(14)15)16-6-4-5-7(12-8(6)11)13-17-18-19-3/h4-5H,1-3H3,(H,12,13)(H,14,15). The fraction of sp³-hybridized carbons (Fsp3) is 0.400. The molecular weight excluding hydrogens is 296 g/mol. The molecule has 0 amide bonds. The number of hydrogen-bond acceptors (Lipinski definition) is 7. The van der Waals surface area contributed by atoms with E-state index in [-0.39, 0.29) is 10.9 Å². The molecule has 0 aliphatic carbocycles. The summed E-state index contributed by atoms with van der Waals surface area (Å²) in [5.41, 5.74) is 0.985. The molecule has 0 saturated heterocycles. The predicted molar refractivity (Wildman–Crippen MR) is 70.9 cm³/mol. The number of nitrogens with one attached hydrogen (secondary N) is 1. The fourth-order valence-electron chi connectivity index (χ4n) is 0.967. The molecule has 0 aliphatic rings. The lowest BCUT2D eigenvalue weighted by Gasteiger charge is -2.21. The first-order chi connectivity index (χ1) is 8.86. The Morgan fingerprint density at radius 1 is 1.53 bits per heavy atom. The average Bonchev–Trinajstić information content (AvgIpc) is 2.32. The topological polar surface area (TPSA) is 89.9 Å². The molecule has 2 N–H and O–H groups in total. The van der Waals surface area contributed by atoms with Gasteiger partial charge in [-0.25, -0.2) is 15.3 Å². The van der Waals surface area contributed by atoms with Gasteiger partial charge in [0.1, 0.15) is 0 Å². The quantitative estimate of drug-likeness (QED) is 0.261. The molecule has 106 valence electrons. The lowest BCUT2D eigenvalue weighted by Crippen LogP contribution is -2.38. The molecule has 9 heteroatoms. The Hall–Kier alpha value is -1.22.